The number of carbonyl (C=O) groups excluding carboxylic acids is 2. The maximum Gasteiger partial charge on any atom is 0.410 e. The number of hydrogen-bond acceptors (Lipinski definition) is 5. The number of likely N-dealkylation sites (tertiary alicyclic amines) is 1. The van der Waals surface area contributed by atoms with Crippen molar-refractivity contribution >= 4 is 33.7 Å². The average molecular weight is 441 g/mol. The van der Waals surface area contributed by atoms with Gasteiger partial charge in [0.05, 0.1) is 12.2 Å². The fraction of sp³-hybridized carbons (Fsp3) is 0.600. The Bertz CT molecular complexity index is 715. The smallest absolute Gasteiger partial charge is 0.410 e. The Hall–Kier alpha value is -1.76. The molecular weight excluding hydrogens is 412 g/mol. The van der Waals surface area contributed by atoms with Crippen LogP contribution in [0.15, 0.2) is 16.6 Å². The Morgan fingerprint density at radius 1 is 1.33 bits per heavy atom. The van der Waals surface area contributed by atoms with Crippen molar-refractivity contribution in [1.29, 1.82) is 0 Å². The van der Waals surface area contributed by atoms with Gasteiger partial charge in [-0.3, -0.25) is 0 Å². The van der Waals surface area contributed by atoms with Gasteiger partial charge in [0, 0.05) is 36.3 Å². The van der Waals surface area contributed by atoms with Crippen LogP contribution in [0, 0.1) is 6.92 Å². The van der Waals surface area contributed by atoms with Crippen LogP contribution in [0.2, 0.25) is 0 Å². The van der Waals surface area contributed by atoms with Crippen LogP contribution >= 0.6 is 15.9 Å². The maximum absolute atomic E-state index is 12.3. The summed E-state index contributed by atoms with van der Waals surface area (Å²) >= 11 is 3.49. The predicted octanol–water partition coefficient (Wildman–Crippen LogP) is 4.38. The second-order valence-electron chi connectivity index (χ2n) is 7.80. The monoisotopic (exact) mass is 440 g/mol. The Morgan fingerprint density at radius 3 is 2.59 bits per heavy atom. The van der Waals surface area contributed by atoms with E-state index in [1.54, 1.807) is 17.9 Å². The number of hydrogen-bond donors (Lipinski definition) is 0. The first-order valence-corrected chi connectivity index (χ1v) is 10.0. The Kier molecular flexibility index (Phi) is 6.78. The molecule has 0 bridgehead atoms. The molecule has 7 heteroatoms. The van der Waals surface area contributed by atoms with Crippen molar-refractivity contribution < 1.29 is 19.1 Å². The third kappa shape index (κ3) is 5.37. The van der Waals surface area contributed by atoms with Crippen LogP contribution in [0.4, 0.5) is 10.5 Å². The number of rotatable bonds is 4. The van der Waals surface area contributed by atoms with E-state index in [1.807, 2.05) is 40.8 Å². The molecule has 0 saturated carbocycles. The normalized spacial score (nSPS) is 17.0. The number of ether oxygens (including phenoxy) is 2. The zero-order valence-corrected chi connectivity index (χ0v) is 18.6. The van der Waals surface area contributed by atoms with Crippen LogP contribution in [0.25, 0.3) is 0 Å². The van der Waals surface area contributed by atoms with Gasteiger partial charge >= 0.3 is 12.1 Å². The third-order valence-electron chi connectivity index (χ3n) is 4.58. The van der Waals surface area contributed by atoms with Gasteiger partial charge in [-0.15, -0.1) is 0 Å². The summed E-state index contributed by atoms with van der Waals surface area (Å²) in [5, 5.41) is 0. The van der Waals surface area contributed by atoms with Gasteiger partial charge in [0.15, 0.2) is 0 Å². The van der Waals surface area contributed by atoms with Crippen molar-refractivity contribution in [2.75, 3.05) is 31.6 Å². The van der Waals surface area contributed by atoms with E-state index in [-0.39, 0.29) is 18.1 Å². The first-order chi connectivity index (χ1) is 12.5. The number of likely N-dealkylation sites (N-methyl/N-ethyl adjacent to an activating group) is 1. The lowest BCUT2D eigenvalue weighted by Crippen LogP contribution is -2.39. The van der Waals surface area contributed by atoms with E-state index in [1.165, 1.54) is 0 Å². The summed E-state index contributed by atoms with van der Waals surface area (Å²) in [6, 6.07) is 3.93. The van der Waals surface area contributed by atoms with Crippen LogP contribution in [0.3, 0.4) is 0 Å². The van der Waals surface area contributed by atoms with Crippen molar-refractivity contribution in [3.05, 3.63) is 27.7 Å². The SMILES string of the molecule is CCOC(=O)c1cc(Br)cc(N(C)C2CCN(C(=O)OC(C)(C)C)C2)c1C. The van der Waals surface area contributed by atoms with Gasteiger partial charge in [0.25, 0.3) is 0 Å². The lowest BCUT2D eigenvalue weighted by molar-refractivity contribution is 0.0292. The highest BCUT2D eigenvalue weighted by Gasteiger charge is 2.32. The number of anilines is 1. The average Bonchev–Trinajstić information content (AvgIpc) is 3.05. The van der Waals surface area contributed by atoms with Crippen molar-refractivity contribution in [1.82, 2.24) is 4.90 Å². The molecule has 1 aromatic rings. The van der Waals surface area contributed by atoms with E-state index in [9.17, 15) is 9.59 Å². The minimum Gasteiger partial charge on any atom is -0.462 e. The predicted molar refractivity (Wildman–Crippen MR) is 109 cm³/mol. The Balaban J connectivity index is 2.18. The first-order valence-electron chi connectivity index (χ1n) is 9.21. The molecule has 150 valence electrons. The molecule has 1 aliphatic heterocycles. The molecule has 0 spiro atoms. The van der Waals surface area contributed by atoms with Crippen LogP contribution in [-0.2, 0) is 9.47 Å². The van der Waals surface area contributed by atoms with Crippen LogP contribution in [0.1, 0.15) is 50.0 Å². The number of nitrogens with zero attached hydrogens (tertiary/aromatic N) is 2. The van der Waals surface area contributed by atoms with E-state index in [0.29, 0.717) is 25.3 Å². The molecule has 0 radical (unpaired) electrons. The molecule has 1 atom stereocenters. The lowest BCUT2D eigenvalue weighted by atomic mass is 10.0. The third-order valence-corrected chi connectivity index (χ3v) is 5.04. The molecule has 0 N–H and O–H groups in total. The van der Waals surface area contributed by atoms with E-state index in [2.05, 4.69) is 20.8 Å². The highest BCUT2D eigenvalue weighted by Crippen LogP contribution is 2.31. The molecule has 2 rings (SSSR count). The molecule has 1 fully saturated rings. The first kappa shape index (κ1) is 21.5. The molecule has 1 heterocycles. The highest BCUT2D eigenvalue weighted by atomic mass is 79.9. The minimum absolute atomic E-state index is 0.153. The zero-order valence-electron chi connectivity index (χ0n) is 17.0. The number of carbonyl (C=O) groups is 2. The summed E-state index contributed by atoms with van der Waals surface area (Å²) in [7, 11) is 1.99. The maximum atomic E-state index is 12.3. The summed E-state index contributed by atoms with van der Waals surface area (Å²) < 4.78 is 11.5. The standard InChI is InChI=1S/C20H29BrN2O4/c1-7-26-18(24)16-10-14(21)11-17(13(16)2)22(6)15-8-9-23(12-15)19(25)27-20(3,4)5/h10-11,15H,7-9,12H2,1-6H3. The van der Waals surface area contributed by atoms with Gasteiger partial charge in [-0.25, -0.2) is 9.59 Å². The van der Waals surface area contributed by atoms with Crippen molar-refractivity contribution in [2.45, 2.75) is 52.7 Å². The van der Waals surface area contributed by atoms with Crippen LogP contribution in [-0.4, -0.2) is 55.3 Å². The number of amides is 1. The molecule has 1 aromatic carbocycles. The molecule has 1 saturated heterocycles. The van der Waals surface area contributed by atoms with Gasteiger partial charge in [-0.1, -0.05) is 15.9 Å². The molecule has 0 aromatic heterocycles. The van der Waals surface area contributed by atoms with Crippen molar-refractivity contribution in [3.8, 4) is 0 Å². The summed E-state index contributed by atoms with van der Waals surface area (Å²) in [5.74, 6) is -0.326. The number of esters is 1. The van der Waals surface area contributed by atoms with E-state index < -0.39 is 5.60 Å². The second kappa shape index (κ2) is 8.50. The van der Waals surface area contributed by atoms with E-state index in [4.69, 9.17) is 9.47 Å². The van der Waals surface area contributed by atoms with Gasteiger partial charge in [-0.05, 0) is 58.7 Å². The van der Waals surface area contributed by atoms with Crippen molar-refractivity contribution in [3.63, 3.8) is 0 Å². The minimum atomic E-state index is -0.503. The van der Waals surface area contributed by atoms with Gasteiger partial charge in [0.2, 0.25) is 0 Å². The van der Waals surface area contributed by atoms with Gasteiger partial charge < -0.3 is 19.3 Å². The Morgan fingerprint density at radius 2 is 2.00 bits per heavy atom. The summed E-state index contributed by atoms with van der Waals surface area (Å²) in [6.45, 7) is 10.9. The summed E-state index contributed by atoms with van der Waals surface area (Å²) in [4.78, 5) is 28.4. The fourth-order valence-electron chi connectivity index (χ4n) is 3.20. The van der Waals surface area contributed by atoms with Crippen LogP contribution in [0.5, 0.6) is 0 Å². The van der Waals surface area contributed by atoms with Crippen LogP contribution < -0.4 is 4.90 Å². The quantitative estimate of drug-likeness (QED) is 0.650. The molecule has 6 nitrogen and oxygen atoms in total. The molecule has 27 heavy (non-hydrogen) atoms. The Labute approximate surface area is 169 Å². The second-order valence-corrected chi connectivity index (χ2v) is 8.71. The molecular formula is C20H29BrN2O4. The number of benzene rings is 1. The number of halogens is 1. The topological polar surface area (TPSA) is 59.1 Å². The highest BCUT2D eigenvalue weighted by molar-refractivity contribution is 9.10. The van der Waals surface area contributed by atoms with Crippen molar-refractivity contribution in [2.24, 2.45) is 0 Å². The molecule has 1 unspecified atom stereocenters. The molecule has 0 aliphatic carbocycles. The summed E-state index contributed by atoms with van der Waals surface area (Å²) in [5.41, 5.74) is 1.87. The largest absolute Gasteiger partial charge is 0.462 e. The fourth-order valence-corrected chi connectivity index (χ4v) is 3.64. The summed E-state index contributed by atoms with van der Waals surface area (Å²) in [6.07, 6.45) is 0.563. The van der Waals surface area contributed by atoms with Gasteiger partial charge in [-0.2, -0.15) is 0 Å². The lowest BCUT2D eigenvalue weighted by Gasteiger charge is -2.30. The van der Waals surface area contributed by atoms with E-state index in [0.717, 1.165) is 22.1 Å². The molecule has 1 amide bonds. The van der Waals surface area contributed by atoms with Gasteiger partial charge in [0.1, 0.15) is 5.60 Å². The zero-order chi connectivity index (χ0) is 20.4. The van der Waals surface area contributed by atoms with E-state index >= 15 is 0 Å². The molecule has 1 aliphatic rings.